The summed E-state index contributed by atoms with van der Waals surface area (Å²) in [6.45, 7) is 0. The predicted molar refractivity (Wildman–Crippen MR) is 48.0 cm³/mol. The SMILES string of the molecule is O=S(=O)(F)C[C-](CC(F)=C(F)F)CS(=O)(=O)F.[Y]. The number of hydrogen-bond acceptors (Lipinski definition) is 4. The van der Waals surface area contributed by atoms with Crippen LogP contribution in [0.4, 0.5) is 20.9 Å². The first-order valence-corrected chi connectivity index (χ1v) is 6.89. The molecule has 4 nitrogen and oxygen atoms in total. The Morgan fingerprint density at radius 1 is 0.889 bits per heavy atom. The van der Waals surface area contributed by atoms with Crippen molar-refractivity contribution >= 4 is 20.4 Å². The molecule has 0 saturated heterocycles. The van der Waals surface area contributed by atoms with Crippen molar-refractivity contribution in [2.45, 2.75) is 6.42 Å². The Hall–Kier alpha value is 0.394. The van der Waals surface area contributed by atoms with Gasteiger partial charge in [0.05, 0.1) is 0 Å². The monoisotopic (exact) mass is 390 g/mol. The molecule has 0 N–H and O–H groups in total. The molecule has 12 heteroatoms. The van der Waals surface area contributed by atoms with Crippen LogP contribution in [0.25, 0.3) is 0 Å². The number of rotatable bonds is 6. The average molecular weight is 390 g/mol. The smallest absolute Gasteiger partial charge is 0.273 e. The second-order valence-corrected chi connectivity index (χ2v) is 5.69. The van der Waals surface area contributed by atoms with Crippen LogP contribution >= 0.6 is 0 Å². The quantitative estimate of drug-likeness (QED) is 0.393. The molecule has 0 aromatic heterocycles. The van der Waals surface area contributed by atoms with Gasteiger partial charge in [-0.25, -0.2) is 4.39 Å². The van der Waals surface area contributed by atoms with E-state index in [-0.39, 0.29) is 32.7 Å². The molecule has 0 atom stereocenters. The van der Waals surface area contributed by atoms with Gasteiger partial charge in [0.2, 0.25) is 0 Å². The van der Waals surface area contributed by atoms with Gasteiger partial charge in [0, 0.05) is 32.7 Å². The van der Waals surface area contributed by atoms with Crippen LogP contribution in [0.3, 0.4) is 0 Å². The van der Waals surface area contributed by atoms with Gasteiger partial charge in [0.1, 0.15) is 5.83 Å². The molecule has 0 unspecified atom stereocenters. The first kappa shape index (κ1) is 20.7. The summed E-state index contributed by atoms with van der Waals surface area (Å²) in [6, 6.07) is 0. The van der Waals surface area contributed by atoms with Gasteiger partial charge in [-0.1, -0.05) is 0 Å². The Bertz CT molecular complexity index is 462. The molecule has 0 aliphatic carbocycles. The Morgan fingerprint density at radius 3 is 1.44 bits per heavy atom. The molecule has 18 heavy (non-hydrogen) atoms. The molecule has 0 heterocycles. The van der Waals surface area contributed by atoms with Gasteiger partial charge in [-0.15, -0.1) is 14.2 Å². The first-order chi connectivity index (χ1) is 7.41. The summed E-state index contributed by atoms with van der Waals surface area (Å²) in [4.78, 5) is 0. The third-order valence-corrected chi connectivity index (χ3v) is 2.87. The zero-order valence-electron chi connectivity index (χ0n) is 8.54. The summed E-state index contributed by atoms with van der Waals surface area (Å²) in [5.41, 5.74) is 0. The molecule has 0 aliphatic heterocycles. The van der Waals surface area contributed by atoms with E-state index in [1.54, 1.807) is 0 Å². The van der Waals surface area contributed by atoms with Gasteiger partial charge in [-0.05, 0) is 11.5 Å². The second-order valence-electron chi connectivity index (χ2n) is 2.96. The fraction of sp³-hybridized carbons (Fsp3) is 0.500. The van der Waals surface area contributed by atoms with E-state index in [0.717, 1.165) is 0 Å². The van der Waals surface area contributed by atoms with Crippen LogP contribution in [0.1, 0.15) is 6.42 Å². The van der Waals surface area contributed by atoms with Gasteiger partial charge in [-0.2, -0.15) is 25.6 Å². The minimum absolute atomic E-state index is 0. The van der Waals surface area contributed by atoms with Crippen LogP contribution in [0.2, 0.25) is 0 Å². The zero-order valence-corrected chi connectivity index (χ0v) is 13.0. The molecular weight excluding hydrogens is 384 g/mol. The van der Waals surface area contributed by atoms with E-state index in [9.17, 15) is 37.8 Å². The fourth-order valence-electron chi connectivity index (χ4n) is 0.918. The molecule has 0 amide bonds. The predicted octanol–water partition coefficient (Wildman–Crippen LogP) is 1.62. The largest absolute Gasteiger partial charge is 0.298 e. The molecule has 0 bridgehead atoms. The standard InChI is InChI=1S/C6H6F5O4S2.Y/c7-5(6(8)9)1-4(2-16(10,12)13)3-17(11,14)15;/h1-3H2;/q-1;. The van der Waals surface area contributed by atoms with Crippen molar-refractivity contribution in [1.29, 1.82) is 0 Å². The van der Waals surface area contributed by atoms with Crippen LogP contribution in [0.5, 0.6) is 0 Å². The molecule has 0 fully saturated rings. The molecule has 0 aromatic carbocycles. The molecule has 105 valence electrons. The Labute approximate surface area is 126 Å². The summed E-state index contributed by atoms with van der Waals surface area (Å²) in [5, 5.41) is 0. The van der Waals surface area contributed by atoms with Crippen LogP contribution < -0.4 is 0 Å². The van der Waals surface area contributed by atoms with Gasteiger partial charge in [-0.3, -0.25) is 5.92 Å². The number of hydrogen-bond donors (Lipinski definition) is 0. The Balaban J connectivity index is 0. The zero-order chi connectivity index (χ0) is 13.9. The van der Waals surface area contributed by atoms with Crippen molar-refractivity contribution in [3.63, 3.8) is 0 Å². The van der Waals surface area contributed by atoms with E-state index in [2.05, 4.69) is 0 Å². The van der Waals surface area contributed by atoms with Gasteiger partial charge in [0.25, 0.3) is 26.5 Å². The van der Waals surface area contributed by atoms with Crippen molar-refractivity contribution < 1.29 is 70.5 Å². The van der Waals surface area contributed by atoms with Crippen LogP contribution in [-0.2, 0) is 53.2 Å². The fourth-order valence-corrected chi connectivity index (χ4v) is 2.43. The van der Waals surface area contributed by atoms with Crippen LogP contribution in [0, 0.1) is 5.92 Å². The molecule has 1 radical (unpaired) electrons. The Morgan fingerprint density at radius 2 is 1.22 bits per heavy atom. The second kappa shape index (κ2) is 7.86. The number of allylic oxidation sites excluding steroid dienone is 1. The van der Waals surface area contributed by atoms with Gasteiger partial charge in [0.15, 0.2) is 0 Å². The maximum absolute atomic E-state index is 12.4. The molecule has 0 aromatic rings. The van der Waals surface area contributed by atoms with E-state index in [1.807, 2.05) is 0 Å². The molecule has 0 saturated carbocycles. The van der Waals surface area contributed by atoms with E-state index < -0.39 is 56.2 Å². The van der Waals surface area contributed by atoms with Crippen molar-refractivity contribution in [3.05, 3.63) is 17.8 Å². The minimum atomic E-state index is -5.27. The average Bonchev–Trinajstić information content (AvgIpc) is 1.96. The van der Waals surface area contributed by atoms with Gasteiger partial charge >= 0.3 is 0 Å². The Kier molecular flexibility index (Phi) is 9.04. The maximum Gasteiger partial charge on any atom is 0.298 e. The molecule has 0 aliphatic rings. The summed E-state index contributed by atoms with van der Waals surface area (Å²) >= 11 is 0. The summed E-state index contributed by atoms with van der Waals surface area (Å²) in [6.07, 6.45) is -4.29. The molecule has 0 rings (SSSR count). The topological polar surface area (TPSA) is 68.3 Å². The van der Waals surface area contributed by atoms with Crippen molar-refractivity contribution in [2.24, 2.45) is 0 Å². The third kappa shape index (κ3) is 11.5. The van der Waals surface area contributed by atoms with Crippen LogP contribution in [-0.4, -0.2) is 28.3 Å². The van der Waals surface area contributed by atoms with Crippen molar-refractivity contribution in [2.75, 3.05) is 11.5 Å². The number of halogens is 5. The minimum Gasteiger partial charge on any atom is -0.273 e. The maximum atomic E-state index is 12.4. The van der Waals surface area contributed by atoms with E-state index in [1.165, 1.54) is 0 Å². The van der Waals surface area contributed by atoms with Crippen molar-refractivity contribution in [3.8, 4) is 0 Å². The van der Waals surface area contributed by atoms with E-state index >= 15 is 0 Å². The van der Waals surface area contributed by atoms with E-state index in [4.69, 9.17) is 0 Å². The van der Waals surface area contributed by atoms with Crippen LogP contribution in [0.15, 0.2) is 11.9 Å². The first-order valence-electron chi connectivity index (χ1n) is 3.78. The van der Waals surface area contributed by atoms with E-state index in [0.29, 0.717) is 0 Å². The third-order valence-electron chi connectivity index (χ3n) is 1.36. The molecular formula is C6H6F5O4S2Y-. The van der Waals surface area contributed by atoms with Crippen molar-refractivity contribution in [1.82, 2.24) is 0 Å². The summed E-state index contributed by atoms with van der Waals surface area (Å²) in [7, 11) is -10.5. The summed E-state index contributed by atoms with van der Waals surface area (Å²) < 4.78 is 101. The summed E-state index contributed by atoms with van der Waals surface area (Å²) in [5.74, 6) is -6.50. The molecule has 0 spiro atoms. The van der Waals surface area contributed by atoms with Gasteiger partial charge < -0.3 is 0 Å². The normalized spacial score (nSPS) is 12.1.